The summed E-state index contributed by atoms with van der Waals surface area (Å²) in [5, 5.41) is 12.5. The van der Waals surface area contributed by atoms with Crippen LogP contribution in [0.3, 0.4) is 0 Å². The molecule has 2 aromatic rings. The van der Waals surface area contributed by atoms with Crippen LogP contribution in [0, 0.1) is 6.92 Å². The molecule has 5 heteroatoms. The Balaban J connectivity index is 2.25. The number of hydrogen-bond acceptors (Lipinski definition) is 3. The Hall–Kier alpha value is -1.59. The van der Waals surface area contributed by atoms with Crippen LogP contribution in [0.25, 0.3) is 0 Å². The van der Waals surface area contributed by atoms with E-state index in [4.69, 9.17) is 4.42 Å². The lowest BCUT2D eigenvalue weighted by Crippen LogP contribution is -2.46. The molecule has 1 atom stereocenters. The molecule has 0 saturated heterocycles. The number of carbonyl (C=O) groups excluding carboxylic acids is 1. The maximum atomic E-state index is 12.2. The maximum Gasteiger partial charge on any atom is 0.255 e. The molecule has 0 spiro atoms. The predicted molar refractivity (Wildman–Crippen MR) is 79.5 cm³/mol. The van der Waals surface area contributed by atoms with Gasteiger partial charge in [0.05, 0.1) is 17.7 Å². The van der Waals surface area contributed by atoms with Crippen molar-refractivity contribution in [1.29, 1.82) is 0 Å². The highest BCUT2D eigenvalue weighted by Gasteiger charge is 2.28. The average Bonchev–Trinajstić information content (AvgIpc) is 2.85. The van der Waals surface area contributed by atoms with Crippen molar-refractivity contribution in [1.82, 2.24) is 5.32 Å². The van der Waals surface area contributed by atoms with Crippen LogP contribution in [0.5, 0.6) is 0 Å². The van der Waals surface area contributed by atoms with E-state index in [0.29, 0.717) is 11.3 Å². The lowest BCUT2D eigenvalue weighted by atomic mass is 9.92. The van der Waals surface area contributed by atoms with Crippen LogP contribution in [0.15, 0.2) is 45.5 Å². The minimum atomic E-state index is -0.855. The maximum absolute atomic E-state index is 12.2. The first kappa shape index (κ1) is 14.8. The average molecular weight is 338 g/mol. The molecular weight excluding hydrogens is 322 g/mol. The molecule has 2 N–H and O–H groups in total. The van der Waals surface area contributed by atoms with Crippen LogP contribution in [0.1, 0.15) is 28.6 Å². The quantitative estimate of drug-likeness (QED) is 0.901. The molecule has 0 aliphatic carbocycles. The Labute approximate surface area is 125 Å². The van der Waals surface area contributed by atoms with Crippen LogP contribution in [0.2, 0.25) is 0 Å². The molecule has 0 bridgehead atoms. The van der Waals surface area contributed by atoms with Gasteiger partial charge in [-0.2, -0.15) is 0 Å². The van der Waals surface area contributed by atoms with Crippen LogP contribution < -0.4 is 5.32 Å². The van der Waals surface area contributed by atoms with Gasteiger partial charge in [0.2, 0.25) is 0 Å². The van der Waals surface area contributed by atoms with Gasteiger partial charge in [-0.1, -0.05) is 28.1 Å². The summed E-state index contributed by atoms with van der Waals surface area (Å²) in [5.74, 6) is 0.390. The topological polar surface area (TPSA) is 62.5 Å². The van der Waals surface area contributed by atoms with Crippen LogP contribution in [-0.2, 0) is 5.54 Å². The zero-order valence-electron chi connectivity index (χ0n) is 11.3. The normalized spacial score (nSPS) is 13.8. The number of amides is 1. The molecule has 20 heavy (non-hydrogen) atoms. The summed E-state index contributed by atoms with van der Waals surface area (Å²) in [6.07, 6.45) is 1.41. The molecule has 106 valence electrons. The van der Waals surface area contributed by atoms with Crippen molar-refractivity contribution in [3.8, 4) is 0 Å². The minimum Gasteiger partial charge on any atom is -0.469 e. The summed E-state index contributed by atoms with van der Waals surface area (Å²) in [6, 6.07) is 9.15. The summed E-state index contributed by atoms with van der Waals surface area (Å²) in [6.45, 7) is 3.35. The van der Waals surface area contributed by atoms with E-state index in [2.05, 4.69) is 21.2 Å². The number of nitrogens with one attached hydrogen (secondary N) is 1. The molecule has 1 unspecified atom stereocenters. The van der Waals surface area contributed by atoms with Crippen LogP contribution in [0.4, 0.5) is 0 Å². The van der Waals surface area contributed by atoms with Gasteiger partial charge in [0, 0.05) is 4.47 Å². The fraction of sp³-hybridized carbons (Fsp3) is 0.267. The minimum absolute atomic E-state index is 0.202. The third-order valence-electron chi connectivity index (χ3n) is 3.16. The third kappa shape index (κ3) is 3.11. The molecule has 1 aromatic carbocycles. The molecule has 0 radical (unpaired) electrons. The predicted octanol–water partition coefficient (Wildman–Crippen LogP) is 2.99. The van der Waals surface area contributed by atoms with E-state index in [-0.39, 0.29) is 12.5 Å². The fourth-order valence-electron chi connectivity index (χ4n) is 1.92. The van der Waals surface area contributed by atoms with Gasteiger partial charge in [-0.25, -0.2) is 0 Å². The number of rotatable bonds is 4. The first-order chi connectivity index (χ1) is 9.44. The zero-order valence-corrected chi connectivity index (χ0v) is 12.9. The lowest BCUT2D eigenvalue weighted by molar-refractivity contribution is 0.0849. The first-order valence-corrected chi connectivity index (χ1v) is 6.98. The van der Waals surface area contributed by atoms with E-state index in [0.717, 1.165) is 10.0 Å². The first-order valence-electron chi connectivity index (χ1n) is 6.19. The van der Waals surface area contributed by atoms with Crippen molar-refractivity contribution in [2.75, 3.05) is 6.61 Å². The number of furan rings is 1. The standard InChI is InChI=1S/C15H16BrNO3/c1-10-6-11(8-20-10)14(19)17-15(2,9-18)12-4-3-5-13(16)7-12/h3-8,18H,9H2,1-2H3,(H,17,19). The van der Waals surface area contributed by atoms with Gasteiger partial charge >= 0.3 is 0 Å². The summed E-state index contributed by atoms with van der Waals surface area (Å²) in [5.41, 5.74) is 0.409. The lowest BCUT2D eigenvalue weighted by Gasteiger charge is -2.29. The second kappa shape index (κ2) is 5.81. The molecule has 0 aliphatic heterocycles. The molecule has 1 heterocycles. The number of aryl methyl sites for hydroxylation is 1. The molecule has 1 aromatic heterocycles. The van der Waals surface area contributed by atoms with Crippen molar-refractivity contribution < 1.29 is 14.3 Å². The van der Waals surface area contributed by atoms with E-state index in [1.807, 2.05) is 24.3 Å². The number of hydrogen-bond donors (Lipinski definition) is 2. The molecule has 2 rings (SSSR count). The Morgan fingerprint density at radius 1 is 1.45 bits per heavy atom. The molecule has 0 fully saturated rings. The molecule has 4 nitrogen and oxygen atoms in total. The van der Waals surface area contributed by atoms with Crippen molar-refractivity contribution >= 4 is 21.8 Å². The summed E-state index contributed by atoms with van der Waals surface area (Å²) in [7, 11) is 0. The van der Waals surface area contributed by atoms with Crippen molar-refractivity contribution in [2.24, 2.45) is 0 Å². The second-order valence-corrected chi connectivity index (χ2v) is 5.82. The molecular formula is C15H16BrNO3. The SMILES string of the molecule is Cc1cc(C(=O)NC(C)(CO)c2cccc(Br)c2)co1. The van der Waals surface area contributed by atoms with Gasteiger partial charge in [-0.15, -0.1) is 0 Å². The zero-order chi connectivity index (χ0) is 14.8. The molecule has 0 aliphatic rings. The van der Waals surface area contributed by atoms with E-state index >= 15 is 0 Å². The Bertz CT molecular complexity index is 623. The van der Waals surface area contributed by atoms with Crippen LogP contribution >= 0.6 is 15.9 Å². The highest BCUT2D eigenvalue weighted by Crippen LogP contribution is 2.24. The van der Waals surface area contributed by atoms with Gasteiger partial charge in [0.25, 0.3) is 5.91 Å². The largest absolute Gasteiger partial charge is 0.469 e. The number of aliphatic hydroxyl groups is 1. The number of carbonyl (C=O) groups is 1. The van der Waals surface area contributed by atoms with Gasteiger partial charge < -0.3 is 14.8 Å². The summed E-state index contributed by atoms with van der Waals surface area (Å²) >= 11 is 3.39. The van der Waals surface area contributed by atoms with Gasteiger partial charge in [-0.3, -0.25) is 4.79 Å². The molecule has 1 amide bonds. The number of benzene rings is 1. The Morgan fingerprint density at radius 2 is 2.20 bits per heavy atom. The fourth-order valence-corrected chi connectivity index (χ4v) is 2.32. The van der Waals surface area contributed by atoms with Gasteiger partial charge in [0.15, 0.2) is 0 Å². The second-order valence-electron chi connectivity index (χ2n) is 4.90. The Morgan fingerprint density at radius 3 is 2.75 bits per heavy atom. The van der Waals surface area contributed by atoms with Crippen molar-refractivity contribution in [3.05, 3.63) is 58.0 Å². The highest BCUT2D eigenvalue weighted by atomic mass is 79.9. The third-order valence-corrected chi connectivity index (χ3v) is 3.65. The summed E-state index contributed by atoms with van der Waals surface area (Å²) in [4.78, 5) is 12.2. The monoisotopic (exact) mass is 337 g/mol. The van der Waals surface area contributed by atoms with Gasteiger partial charge in [0.1, 0.15) is 12.0 Å². The smallest absolute Gasteiger partial charge is 0.255 e. The number of halogens is 1. The Kier molecular flexibility index (Phi) is 4.30. The van der Waals surface area contributed by atoms with E-state index in [1.165, 1.54) is 6.26 Å². The number of aliphatic hydroxyl groups excluding tert-OH is 1. The van der Waals surface area contributed by atoms with E-state index in [1.54, 1.807) is 19.9 Å². The van der Waals surface area contributed by atoms with E-state index in [9.17, 15) is 9.90 Å². The highest BCUT2D eigenvalue weighted by molar-refractivity contribution is 9.10. The summed E-state index contributed by atoms with van der Waals surface area (Å²) < 4.78 is 6.02. The van der Waals surface area contributed by atoms with Crippen LogP contribution in [-0.4, -0.2) is 17.6 Å². The van der Waals surface area contributed by atoms with Crippen molar-refractivity contribution in [3.63, 3.8) is 0 Å². The van der Waals surface area contributed by atoms with Crippen molar-refractivity contribution in [2.45, 2.75) is 19.4 Å². The van der Waals surface area contributed by atoms with Gasteiger partial charge in [-0.05, 0) is 37.6 Å². The molecule has 0 saturated carbocycles. The van der Waals surface area contributed by atoms with E-state index < -0.39 is 5.54 Å².